The van der Waals surface area contributed by atoms with Crippen molar-refractivity contribution in [2.45, 2.75) is 61.8 Å². The molecule has 2 N–H and O–H groups in total. The van der Waals surface area contributed by atoms with Gasteiger partial charge in [0.15, 0.2) is 5.82 Å². The fourth-order valence-corrected chi connectivity index (χ4v) is 6.85. The Bertz CT molecular complexity index is 1180. The number of rotatable bonds is 5. The quantitative estimate of drug-likeness (QED) is 0.700. The van der Waals surface area contributed by atoms with Gasteiger partial charge in [-0.05, 0) is 62.5 Å². The Balaban J connectivity index is 0.972. The number of likely N-dealkylation sites (tertiary alicyclic amines) is 2. The molecule has 0 bridgehead atoms. The lowest BCUT2D eigenvalue weighted by Gasteiger charge is -2.59. The summed E-state index contributed by atoms with van der Waals surface area (Å²) in [4.78, 5) is 21.7. The zero-order valence-corrected chi connectivity index (χ0v) is 20.2. The lowest BCUT2D eigenvalue weighted by atomic mass is 9.61. The van der Waals surface area contributed by atoms with Crippen molar-refractivity contribution in [3.63, 3.8) is 0 Å². The van der Waals surface area contributed by atoms with Crippen molar-refractivity contribution >= 4 is 16.1 Å². The summed E-state index contributed by atoms with van der Waals surface area (Å²) in [7, 11) is -3.73. The number of carbonyl (C=O) groups is 1. The third-order valence-electron chi connectivity index (χ3n) is 8.18. The van der Waals surface area contributed by atoms with Gasteiger partial charge in [-0.1, -0.05) is 18.2 Å². The molecule has 2 amide bonds. The van der Waals surface area contributed by atoms with Crippen LogP contribution in [0, 0.1) is 11.3 Å². The van der Waals surface area contributed by atoms with Crippen molar-refractivity contribution in [1.29, 1.82) is 0 Å². The Morgan fingerprint density at radius 3 is 2.44 bits per heavy atom. The molecule has 4 fully saturated rings. The average molecular weight is 485 g/mol. The van der Waals surface area contributed by atoms with E-state index in [0.29, 0.717) is 24.3 Å². The number of carbonyl (C=O) groups excluding carboxylic acids is 1. The van der Waals surface area contributed by atoms with Crippen molar-refractivity contribution in [3.05, 3.63) is 42.0 Å². The number of benzene rings is 1. The third kappa shape index (κ3) is 4.11. The molecule has 0 radical (unpaired) electrons. The molecular weight excluding hydrogens is 452 g/mol. The lowest BCUT2D eigenvalue weighted by molar-refractivity contribution is -0.0750. The molecule has 0 atom stereocenters. The van der Waals surface area contributed by atoms with Crippen LogP contribution in [0.3, 0.4) is 0 Å². The van der Waals surface area contributed by atoms with E-state index in [-0.39, 0.29) is 16.3 Å². The van der Waals surface area contributed by atoms with Crippen LogP contribution in [0.1, 0.15) is 61.9 Å². The molecule has 0 unspecified atom stereocenters. The maximum absolute atomic E-state index is 13.0. The van der Waals surface area contributed by atoms with Crippen LogP contribution in [0.4, 0.5) is 4.79 Å². The smallest absolute Gasteiger partial charge is 0.320 e. The van der Waals surface area contributed by atoms with Gasteiger partial charge >= 0.3 is 6.03 Å². The van der Waals surface area contributed by atoms with Crippen LogP contribution in [0.5, 0.6) is 0 Å². The molecule has 4 aliphatic rings. The molecular formula is C24H32N6O3S. The van der Waals surface area contributed by atoms with E-state index in [9.17, 15) is 13.2 Å². The van der Waals surface area contributed by atoms with E-state index in [2.05, 4.69) is 10.1 Å². The van der Waals surface area contributed by atoms with E-state index in [1.807, 2.05) is 32.9 Å². The molecule has 34 heavy (non-hydrogen) atoms. The average Bonchev–Trinajstić information content (AvgIpc) is 3.49. The molecule has 2 saturated carbocycles. The Morgan fingerprint density at radius 1 is 1.06 bits per heavy atom. The highest BCUT2D eigenvalue weighted by molar-refractivity contribution is 7.89. The molecule has 1 aromatic heterocycles. The summed E-state index contributed by atoms with van der Waals surface area (Å²) in [6, 6.07) is 7.54. The fourth-order valence-electron chi connectivity index (χ4n) is 6.07. The molecule has 10 heteroatoms. The number of nitrogens with two attached hydrogens (primary N) is 1. The first kappa shape index (κ1) is 22.0. The number of sulfonamides is 1. The van der Waals surface area contributed by atoms with Crippen LogP contribution in [-0.2, 0) is 16.4 Å². The second kappa shape index (κ2) is 8.05. The van der Waals surface area contributed by atoms with Gasteiger partial charge in [0.2, 0.25) is 10.0 Å². The number of hydrogen-bond donors (Lipinski definition) is 1. The van der Waals surface area contributed by atoms with Crippen LogP contribution in [-0.4, -0.2) is 65.2 Å². The highest BCUT2D eigenvalue weighted by Gasteiger charge is 2.55. The summed E-state index contributed by atoms with van der Waals surface area (Å²) in [5, 5.41) is 10.1. The number of nitrogens with zero attached hydrogens (tertiary/aromatic N) is 5. The number of piperidine rings is 1. The van der Waals surface area contributed by atoms with Gasteiger partial charge in [0.1, 0.15) is 6.33 Å². The molecule has 182 valence electrons. The Labute approximate surface area is 200 Å². The number of aromatic nitrogens is 3. The van der Waals surface area contributed by atoms with Gasteiger partial charge in [-0.3, -0.25) is 0 Å². The van der Waals surface area contributed by atoms with Gasteiger partial charge in [-0.2, -0.15) is 5.10 Å². The van der Waals surface area contributed by atoms with Gasteiger partial charge in [-0.25, -0.2) is 28.0 Å². The van der Waals surface area contributed by atoms with Crippen LogP contribution in [0.25, 0.3) is 0 Å². The summed E-state index contributed by atoms with van der Waals surface area (Å²) in [6.45, 7) is 3.12. The van der Waals surface area contributed by atoms with Crippen LogP contribution < -0.4 is 5.14 Å². The van der Waals surface area contributed by atoms with E-state index in [1.165, 1.54) is 12.8 Å². The number of amides is 2. The SMILES string of the molecule is NS(=O)(=O)c1ccccc1CC1CCN(C(=O)N2CC3(CC(n4cnc(C5CC5)n4)C3)C2)CC1. The molecule has 2 aromatic rings. The summed E-state index contributed by atoms with van der Waals surface area (Å²) in [6.07, 6.45) is 8.91. The Hall–Kier alpha value is -2.46. The monoisotopic (exact) mass is 484 g/mol. The highest BCUT2D eigenvalue weighted by Crippen LogP contribution is 2.54. The van der Waals surface area contributed by atoms with Crippen molar-refractivity contribution in [3.8, 4) is 0 Å². The van der Waals surface area contributed by atoms with Gasteiger partial charge in [0, 0.05) is 37.5 Å². The maximum Gasteiger partial charge on any atom is 0.320 e. The lowest BCUT2D eigenvalue weighted by Crippen LogP contribution is -2.66. The molecule has 2 saturated heterocycles. The second-order valence-corrected chi connectivity index (χ2v) is 12.4. The number of hydrogen-bond acceptors (Lipinski definition) is 5. The van der Waals surface area contributed by atoms with E-state index in [1.54, 1.807) is 12.1 Å². The van der Waals surface area contributed by atoms with E-state index < -0.39 is 10.0 Å². The molecule has 3 heterocycles. The normalized spacial score (nSPS) is 23.1. The second-order valence-electron chi connectivity index (χ2n) is 10.8. The first-order valence-electron chi connectivity index (χ1n) is 12.4. The van der Waals surface area contributed by atoms with E-state index in [0.717, 1.165) is 63.3 Å². The molecule has 6 rings (SSSR count). The van der Waals surface area contributed by atoms with Crippen molar-refractivity contribution < 1.29 is 13.2 Å². The molecule has 1 aromatic carbocycles. The van der Waals surface area contributed by atoms with Crippen molar-refractivity contribution in [2.24, 2.45) is 16.5 Å². The highest BCUT2D eigenvalue weighted by atomic mass is 32.2. The van der Waals surface area contributed by atoms with Crippen molar-refractivity contribution in [1.82, 2.24) is 24.6 Å². The number of urea groups is 1. The van der Waals surface area contributed by atoms with Gasteiger partial charge in [0.25, 0.3) is 0 Å². The zero-order valence-electron chi connectivity index (χ0n) is 19.3. The minimum Gasteiger partial charge on any atom is -0.325 e. The topological polar surface area (TPSA) is 114 Å². The zero-order chi connectivity index (χ0) is 23.5. The molecule has 2 aliphatic carbocycles. The fraction of sp³-hybridized carbons (Fsp3) is 0.625. The van der Waals surface area contributed by atoms with Crippen LogP contribution >= 0.6 is 0 Å². The molecule has 1 spiro atoms. The van der Waals surface area contributed by atoms with E-state index in [4.69, 9.17) is 5.14 Å². The standard InChI is InChI=1S/C24H32N6O3S/c25-34(32,33)21-4-2-1-3-19(21)11-17-7-9-28(10-8-17)23(31)29-14-24(15-29)12-20(13-24)30-16-26-22(27-30)18-5-6-18/h1-4,16-18,20H,5-15H2,(H2,25,32,33). The predicted molar refractivity (Wildman–Crippen MR) is 125 cm³/mol. The minimum atomic E-state index is -3.73. The third-order valence-corrected chi connectivity index (χ3v) is 9.19. The first-order chi connectivity index (χ1) is 16.3. The molecule has 9 nitrogen and oxygen atoms in total. The summed E-state index contributed by atoms with van der Waals surface area (Å²) >= 11 is 0. The van der Waals surface area contributed by atoms with E-state index >= 15 is 0 Å². The Kier molecular flexibility index (Phi) is 5.22. The van der Waals surface area contributed by atoms with Gasteiger partial charge < -0.3 is 9.80 Å². The predicted octanol–water partition coefficient (Wildman–Crippen LogP) is 2.51. The summed E-state index contributed by atoms with van der Waals surface area (Å²) in [5.74, 6) is 1.94. The summed E-state index contributed by atoms with van der Waals surface area (Å²) < 4.78 is 25.8. The maximum atomic E-state index is 13.0. The molecule has 2 aliphatic heterocycles. The van der Waals surface area contributed by atoms with Crippen molar-refractivity contribution in [2.75, 3.05) is 26.2 Å². The van der Waals surface area contributed by atoms with Crippen LogP contribution in [0.2, 0.25) is 0 Å². The summed E-state index contributed by atoms with van der Waals surface area (Å²) in [5.41, 5.74) is 1.04. The van der Waals surface area contributed by atoms with Gasteiger partial charge in [0.05, 0.1) is 10.9 Å². The van der Waals surface area contributed by atoms with Gasteiger partial charge in [-0.15, -0.1) is 0 Å². The Morgan fingerprint density at radius 2 is 1.76 bits per heavy atom. The number of primary sulfonamides is 1. The minimum absolute atomic E-state index is 0.147. The largest absolute Gasteiger partial charge is 0.325 e. The first-order valence-corrected chi connectivity index (χ1v) is 13.9. The van der Waals surface area contributed by atoms with Crippen LogP contribution in [0.15, 0.2) is 35.5 Å².